The first kappa shape index (κ1) is 12.5. The van der Waals surface area contributed by atoms with Crippen molar-refractivity contribution in [1.82, 2.24) is 5.32 Å². The van der Waals surface area contributed by atoms with Crippen LogP contribution in [0.25, 0.3) is 0 Å². The second-order valence-corrected chi connectivity index (χ2v) is 4.83. The topological polar surface area (TPSA) is 12.0 Å². The third-order valence-electron chi connectivity index (χ3n) is 2.88. The normalized spacial score (nSPS) is 20.4. The van der Waals surface area contributed by atoms with Crippen molar-refractivity contribution in [3.05, 3.63) is 17.4 Å². The predicted molar refractivity (Wildman–Crippen MR) is 67.0 cm³/mol. The molecule has 1 unspecified atom stereocenters. The fourth-order valence-corrected chi connectivity index (χ4v) is 1.97. The molecule has 0 aromatic carbocycles. The van der Waals surface area contributed by atoms with Gasteiger partial charge in [0.1, 0.15) is 0 Å². The number of rotatable bonds is 5. The van der Waals surface area contributed by atoms with Crippen LogP contribution < -0.4 is 5.32 Å². The van der Waals surface area contributed by atoms with Gasteiger partial charge in [0.2, 0.25) is 0 Å². The van der Waals surface area contributed by atoms with Crippen molar-refractivity contribution in [3.8, 4) is 0 Å². The minimum atomic E-state index is 0.614. The Balaban J connectivity index is 2.63. The summed E-state index contributed by atoms with van der Waals surface area (Å²) in [5.74, 6) is 0.614. The van der Waals surface area contributed by atoms with Crippen molar-refractivity contribution in [2.45, 2.75) is 58.9 Å². The van der Waals surface area contributed by atoms with E-state index in [1.165, 1.54) is 44.2 Å². The van der Waals surface area contributed by atoms with Crippen LogP contribution in [0, 0.1) is 5.92 Å². The van der Waals surface area contributed by atoms with Crippen LogP contribution in [0.2, 0.25) is 0 Å². The van der Waals surface area contributed by atoms with Gasteiger partial charge in [0.05, 0.1) is 0 Å². The molecular formula is C14H25N. The molecular weight excluding hydrogens is 182 g/mol. The maximum atomic E-state index is 3.57. The van der Waals surface area contributed by atoms with E-state index in [4.69, 9.17) is 0 Å². The Labute approximate surface area is 94.6 Å². The second-order valence-electron chi connectivity index (χ2n) is 4.83. The molecule has 0 saturated carbocycles. The first-order valence-corrected chi connectivity index (χ1v) is 6.43. The molecule has 1 heterocycles. The monoisotopic (exact) mass is 207 g/mol. The lowest BCUT2D eigenvalue weighted by Gasteiger charge is -2.12. The number of hydrogen-bond donors (Lipinski definition) is 1. The van der Waals surface area contributed by atoms with Gasteiger partial charge in [0, 0.05) is 6.04 Å². The van der Waals surface area contributed by atoms with Gasteiger partial charge in [0.25, 0.3) is 0 Å². The molecule has 1 aliphatic rings. The minimum Gasteiger partial charge on any atom is -0.310 e. The van der Waals surface area contributed by atoms with E-state index in [2.05, 4.69) is 37.9 Å². The van der Waals surface area contributed by atoms with Gasteiger partial charge in [0.15, 0.2) is 0 Å². The van der Waals surface area contributed by atoms with Gasteiger partial charge in [-0.15, -0.1) is 5.73 Å². The highest BCUT2D eigenvalue weighted by Gasteiger charge is 2.17. The molecule has 1 rings (SSSR count). The van der Waals surface area contributed by atoms with Crippen LogP contribution >= 0.6 is 0 Å². The first-order chi connectivity index (χ1) is 7.24. The van der Waals surface area contributed by atoms with E-state index in [-0.39, 0.29) is 0 Å². The average Bonchev–Trinajstić information content (AvgIpc) is 2.71. The maximum Gasteiger partial charge on any atom is 0.0355 e. The molecule has 0 aliphatic carbocycles. The van der Waals surface area contributed by atoms with Crippen molar-refractivity contribution in [2.75, 3.05) is 6.54 Å². The summed E-state index contributed by atoms with van der Waals surface area (Å²) in [5, 5.41) is 3.57. The standard InChI is InChI=1S/C14H25N/c1-4-5-7-13(10-9-12(2)3)14-8-6-11-15-14/h9,12,14-15H,4-8,11H2,1-3H3. The van der Waals surface area contributed by atoms with E-state index in [1.807, 2.05) is 0 Å². The quantitative estimate of drug-likeness (QED) is 0.678. The molecule has 0 bridgehead atoms. The van der Waals surface area contributed by atoms with Gasteiger partial charge in [-0.25, -0.2) is 0 Å². The summed E-state index contributed by atoms with van der Waals surface area (Å²) in [4.78, 5) is 0. The zero-order valence-electron chi connectivity index (χ0n) is 10.5. The zero-order valence-corrected chi connectivity index (χ0v) is 10.5. The second kappa shape index (κ2) is 6.87. The van der Waals surface area contributed by atoms with Gasteiger partial charge in [-0.2, -0.15) is 0 Å². The summed E-state index contributed by atoms with van der Waals surface area (Å²) < 4.78 is 0. The van der Waals surface area contributed by atoms with Crippen LogP contribution in [-0.4, -0.2) is 12.6 Å². The lowest BCUT2D eigenvalue weighted by atomic mass is 10.00. The summed E-state index contributed by atoms with van der Waals surface area (Å²) >= 11 is 0. The molecule has 86 valence electrons. The van der Waals surface area contributed by atoms with Crippen molar-refractivity contribution in [3.63, 3.8) is 0 Å². The largest absolute Gasteiger partial charge is 0.310 e. The summed E-state index contributed by atoms with van der Waals surface area (Å²) in [6.07, 6.45) is 8.63. The zero-order chi connectivity index (χ0) is 11.1. The molecule has 1 atom stereocenters. The molecule has 1 saturated heterocycles. The molecule has 0 aromatic heterocycles. The molecule has 1 nitrogen and oxygen atoms in total. The number of hydrogen-bond acceptors (Lipinski definition) is 1. The van der Waals surface area contributed by atoms with E-state index in [9.17, 15) is 0 Å². The van der Waals surface area contributed by atoms with Gasteiger partial charge in [-0.05, 0) is 49.8 Å². The maximum absolute atomic E-state index is 3.57. The lowest BCUT2D eigenvalue weighted by Crippen LogP contribution is -2.23. The molecule has 0 amide bonds. The summed E-state index contributed by atoms with van der Waals surface area (Å²) in [6, 6.07) is 0.617. The smallest absolute Gasteiger partial charge is 0.0355 e. The van der Waals surface area contributed by atoms with Crippen molar-refractivity contribution in [1.29, 1.82) is 0 Å². The molecule has 1 N–H and O–H groups in total. The number of nitrogens with one attached hydrogen (secondary N) is 1. The molecule has 0 radical (unpaired) electrons. The first-order valence-electron chi connectivity index (χ1n) is 6.43. The van der Waals surface area contributed by atoms with Crippen LogP contribution in [0.1, 0.15) is 52.9 Å². The Bertz CT molecular complexity index is 228. The van der Waals surface area contributed by atoms with Crippen LogP contribution in [0.4, 0.5) is 0 Å². The van der Waals surface area contributed by atoms with Crippen LogP contribution in [0.5, 0.6) is 0 Å². The molecule has 0 aromatic rings. The third kappa shape index (κ3) is 4.68. The van der Waals surface area contributed by atoms with Crippen LogP contribution in [0.15, 0.2) is 17.4 Å². The summed E-state index contributed by atoms with van der Waals surface area (Å²) in [7, 11) is 0. The highest BCUT2D eigenvalue weighted by molar-refractivity contribution is 5.12. The average molecular weight is 207 g/mol. The fourth-order valence-electron chi connectivity index (χ4n) is 1.97. The van der Waals surface area contributed by atoms with E-state index in [0.29, 0.717) is 12.0 Å². The van der Waals surface area contributed by atoms with Crippen molar-refractivity contribution in [2.24, 2.45) is 5.92 Å². The fraction of sp³-hybridized carbons (Fsp3) is 0.786. The van der Waals surface area contributed by atoms with E-state index in [1.54, 1.807) is 0 Å². The highest BCUT2D eigenvalue weighted by Crippen LogP contribution is 2.18. The summed E-state index contributed by atoms with van der Waals surface area (Å²) in [5.41, 5.74) is 5.03. The Hall–Kier alpha value is -0.520. The Morgan fingerprint density at radius 1 is 1.53 bits per heavy atom. The Morgan fingerprint density at radius 3 is 2.87 bits per heavy atom. The van der Waals surface area contributed by atoms with E-state index < -0.39 is 0 Å². The SMILES string of the molecule is CCCCC(=C=CC(C)C)C1CCCN1. The van der Waals surface area contributed by atoms with Crippen LogP contribution in [0.3, 0.4) is 0 Å². The molecule has 1 heteroatoms. The molecule has 0 spiro atoms. The summed E-state index contributed by atoms with van der Waals surface area (Å²) in [6.45, 7) is 7.87. The lowest BCUT2D eigenvalue weighted by molar-refractivity contribution is 0.637. The highest BCUT2D eigenvalue weighted by atomic mass is 14.9. The van der Waals surface area contributed by atoms with Gasteiger partial charge >= 0.3 is 0 Å². The Morgan fingerprint density at radius 2 is 2.33 bits per heavy atom. The Kier molecular flexibility index (Phi) is 5.75. The van der Waals surface area contributed by atoms with Gasteiger partial charge in [-0.3, -0.25) is 0 Å². The molecule has 15 heavy (non-hydrogen) atoms. The third-order valence-corrected chi connectivity index (χ3v) is 2.88. The van der Waals surface area contributed by atoms with Gasteiger partial charge < -0.3 is 5.32 Å². The van der Waals surface area contributed by atoms with E-state index in [0.717, 1.165) is 0 Å². The molecule has 1 fully saturated rings. The van der Waals surface area contributed by atoms with Crippen molar-refractivity contribution < 1.29 is 0 Å². The minimum absolute atomic E-state index is 0.614. The van der Waals surface area contributed by atoms with E-state index >= 15 is 0 Å². The van der Waals surface area contributed by atoms with Crippen molar-refractivity contribution >= 4 is 0 Å². The van der Waals surface area contributed by atoms with Crippen LogP contribution in [-0.2, 0) is 0 Å². The molecule has 1 aliphatic heterocycles. The van der Waals surface area contributed by atoms with Gasteiger partial charge in [-0.1, -0.05) is 27.2 Å². The number of unbranched alkanes of at least 4 members (excludes halogenated alkanes) is 1. The predicted octanol–water partition coefficient (Wildman–Crippen LogP) is 3.67.